The summed E-state index contributed by atoms with van der Waals surface area (Å²) < 4.78 is 1.06. The van der Waals surface area contributed by atoms with E-state index in [1.54, 1.807) is 0 Å². The van der Waals surface area contributed by atoms with Gasteiger partial charge in [-0.25, -0.2) is 9.97 Å². The van der Waals surface area contributed by atoms with Gasteiger partial charge in [0.2, 0.25) is 5.91 Å². The average Bonchev–Trinajstić information content (AvgIpc) is 2.30. The van der Waals surface area contributed by atoms with Crippen LogP contribution in [0.5, 0.6) is 0 Å². The predicted molar refractivity (Wildman–Crippen MR) is 73.5 cm³/mol. The Kier molecular flexibility index (Phi) is 5.48. The first-order valence-corrected chi connectivity index (χ1v) is 6.78. The molecule has 1 amide bonds. The van der Waals surface area contributed by atoms with Gasteiger partial charge in [-0.2, -0.15) is 0 Å². The highest BCUT2D eigenvalue weighted by Crippen LogP contribution is 2.19. The number of amides is 1. The van der Waals surface area contributed by atoms with Gasteiger partial charge in [-0.15, -0.1) is 0 Å². The molecule has 0 unspecified atom stereocenters. The van der Waals surface area contributed by atoms with Gasteiger partial charge in [-0.3, -0.25) is 4.79 Å². The highest BCUT2D eigenvalue weighted by molar-refractivity contribution is 9.11. The summed E-state index contributed by atoms with van der Waals surface area (Å²) in [6, 6.07) is -0.544. The SMILES string of the molecule is CC[C@H](C)[C@H](N)C(=O)Nc1ncc(Br)nc1Br. The Balaban J connectivity index is 2.74. The lowest BCUT2D eigenvalue weighted by Crippen LogP contribution is -2.40. The highest BCUT2D eigenvalue weighted by Gasteiger charge is 2.20. The number of aromatic nitrogens is 2. The van der Waals surface area contributed by atoms with E-state index in [1.165, 1.54) is 6.20 Å². The van der Waals surface area contributed by atoms with Gasteiger partial charge in [-0.05, 0) is 37.8 Å². The van der Waals surface area contributed by atoms with E-state index >= 15 is 0 Å². The van der Waals surface area contributed by atoms with Crippen molar-refractivity contribution >= 4 is 43.6 Å². The molecule has 0 bridgehead atoms. The zero-order valence-corrected chi connectivity index (χ0v) is 12.7. The molecule has 0 saturated heterocycles. The number of anilines is 1. The minimum absolute atomic E-state index is 0.122. The van der Waals surface area contributed by atoms with E-state index in [9.17, 15) is 4.79 Å². The molecule has 7 heteroatoms. The second-order valence-electron chi connectivity index (χ2n) is 3.73. The molecule has 0 aliphatic carbocycles. The van der Waals surface area contributed by atoms with Crippen LogP contribution >= 0.6 is 31.9 Å². The number of halogens is 2. The summed E-state index contributed by atoms with van der Waals surface area (Å²) in [6.45, 7) is 3.93. The molecular formula is C10H14Br2N4O. The standard InChI is InChI=1S/C10H14Br2N4O/c1-3-5(2)7(13)10(17)16-9-8(12)15-6(11)4-14-9/h4-5,7H,3,13H2,1-2H3,(H,14,16,17)/t5-,7-/m0/s1. The van der Waals surface area contributed by atoms with Crippen LogP contribution in [-0.2, 0) is 4.79 Å². The first-order chi connectivity index (χ1) is 7.95. The number of carbonyl (C=O) groups excluding carboxylic acids is 1. The lowest BCUT2D eigenvalue weighted by atomic mass is 9.99. The van der Waals surface area contributed by atoms with E-state index in [0.717, 1.165) is 6.42 Å². The summed E-state index contributed by atoms with van der Waals surface area (Å²) in [6.07, 6.45) is 2.36. The van der Waals surface area contributed by atoms with Crippen LogP contribution in [0.3, 0.4) is 0 Å². The van der Waals surface area contributed by atoms with Gasteiger partial charge >= 0.3 is 0 Å². The average molecular weight is 366 g/mol. The van der Waals surface area contributed by atoms with Crippen LogP contribution < -0.4 is 11.1 Å². The van der Waals surface area contributed by atoms with Gasteiger partial charge in [0.05, 0.1) is 12.2 Å². The van der Waals surface area contributed by atoms with Crippen molar-refractivity contribution in [2.45, 2.75) is 26.3 Å². The number of nitrogens with one attached hydrogen (secondary N) is 1. The maximum Gasteiger partial charge on any atom is 0.242 e. The highest BCUT2D eigenvalue weighted by atomic mass is 79.9. The molecule has 1 aromatic rings. The van der Waals surface area contributed by atoms with Crippen LogP contribution in [-0.4, -0.2) is 21.9 Å². The molecule has 0 aromatic carbocycles. The van der Waals surface area contributed by atoms with Crippen LogP contribution in [0.4, 0.5) is 5.82 Å². The monoisotopic (exact) mass is 364 g/mol. The lowest BCUT2D eigenvalue weighted by molar-refractivity contribution is -0.118. The van der Waals surface area contributed by atoms with Gasteiger partial charge in [0.15, 0.2) is 5.82 Å². The van der Waals surface area contributed by atoms with Crippen LogP contribution in [0.25, 0.3) is 0 Å². The zero-order valence-electron chi connectivity index (χ0n) is 9.58. The van der Waals surface area contributed by atoms with Crippen molar-refractivity contribution in [2.75, 3.05) is 5.32 Å². The molecule has 0 spiro atoms. The molecule has 0 radical (unpaired) electrons. The van der Waals surface area contributed by atoms with Crippen LogP contribution in [0.1, 0.15) is 20.3 Å². The van der Waals surface area contributed by atoms with Crippen LogP contribution in [0.15, 0.2) is 15.4 Å². The van der Waals surface area contributed by atoms with Crippen molar-refractivity contribution in [3.05, 3.63) is 15.4 Å². The molecule has 94 valence electrons. The number of nitrogens with zero attached hydrogens (tertiary/aromatic N) is 2. The fraction of sp³-hybridized carbons (Fsp3) is 0.500. The minimum Gasteiger partial charge on any atom is -0.320 e. The van der Waals surface area contributed by atoms with Crippen molar-refractivity contribution in [1.82, 2.24) is 9.97 Å². The summed E-state index contributed by atoms with van der Waals surface area (Å²) in [4.78, 5) is 19.9. The molecule has 0 saturated carbocycles. The van der Waals surface area contributed by atoms with Crippen LogP contribution in [0.2, 0.25) is 0 Å². The molecule has 1 rings (SSSR count). The van der Waals surface area contributed by atoms with Gasteiger partial charge in [0.1, 0.15) is 9.21 Å². The molecule has 0 aliphatic heterocycles. The molecule has 3 N–H and O–H groups in total. The van der Waals surface area contributed by atoms with E-state index in [2.05, 4.69) is 47.1 Å². The van der Waals surface area contributed by atoms with Crippen molar-refractivity contribution < 1.29 is 4.79 Å². The fourth-order valence-corrected chi connectivity index (χ4v) is 2.05. The van der Waals surface area contributed by atoms with E-state index in [4.69, 9.17) is 5.73 Å². The second-order valence-corrected chi connectivity index (χ2v) is 5.30. The maximum atomic E-state index is 11.8. The van der Waals surface area contributed by atoms with Crippen molar-refractivity contribution in [2.24, 2.45) is 11.7 Å². The molecule has 1 aromatic heterocycles. The summed E-state index contributed by atoms with van der Waals surface area (Å²) in [5, 5.41) is 2.65. The number of rotatable bonds is 4. The Morgan fingerprint density at radius 1 is 1.59 bits per heavy atom. The molecular weight excluding hydrogens is 352 g/mol. The van der Waals surface area contributed by atoms with Gasteiger partial charge in [-0.1, -0.05) is 20.3 Å². The summed E-state index contributed by atoms with van der Waals surface area (Å²) in [5.41, 5.74) is 5.81. The largest absolute Gasteiger partial charge is 0.320 e. The number of hydrogen-bond donors (Lipinski definition) is 2. The Bertz CT molecular complexity index is 413. The Morgan fingerprint density at radius 2 is 2.24 bits per heavy atom. The second kappa shape index (κ2) is 6.42. The third-order valence-electron chi connectivity index (χ3n) is 2.50. The number of carbonyl (C=O) groups is 1. The van der Waals surface area contributed by atoms with Crippen molar-refractivity contribution in [3.63, 3.8) is 0 Å². The molecule has 1 heterocycles. The molecule has 17 heavy (non-hydrogen) atoms. The normalized spacial score (nSPS) is 14.2. The van der Waals surface area contributed by atoms with E-state index < -0.39 is 6.04 Å². The molecule has 2 atom stereocenters. The fourth-order valence-electron chi connectivity index (χ4n) is 1.14. The van der Waals surface area contributed by atoms with E-state index in [0.29, 0.717) is 15.0 Å². The quantitative estimate of drug-likeness (QED) is 0.857. The lowest BCUT2D eigenvalue weighted by Gasteiger charge is -2.17. The minimum atomic E-state index is -0.544. The summed E-state index contributed by atoms with van der Waals surface area (Å²) in [5.74, 6) is 0.241. The molecule has 5 nitrogen and oxygen atoms in total. The topological polar surface area (TPSA) is 80.9 Å². The van der Waals surface area contributed by atoms with Crippen molar-refractivity contribution in [3.8, 4) is 0 Å². The van der Waals surface area contributed by atoms with Crippen LogP contribution in [0, 0.1) is 5.92 Å². The molecule has 0 fully saturated rings. The first-order valence-electron chi connectivity index (χ1n) is 5.20. The number of nitrogens with two attached hydrogens (primary N) is 1. The Morgan fingerprint density at radius 3 is 2.76 bits per heavy atom. The Labute approximate surface area is 117 Å². The van der Waals surface area contributed by atoms with Gasteiger partial charge in [0, 0.05) is 0 Å². The van der Waals surface area contributed by atoms with Crippen molar-refractivity contribution in [1.29, 1.82) is 0 Å². The van der Waals surface area contributed by atoms with E-state index in [-0.39, 0.29) is 11.8 Å². The zero-order chi connectivity index (χ0) is 13.0. The van der Waals surface area contributed by atoms with Gasteiger partial charge < -0.3 is 11.1 Å². The third kappa shape index (κ3) is 4.01. The van der Waals surface area contributed by atoms with E-state index in [1.807, 2.05) is 13.8 Å². The predicted octanol–water partition coefficient (Wildman–Crippen LogP) is 2.31. The first kappa shape index (κ1) is 14.5. The smallest absolute Gasteiger partial charge is 0.242 e. The summed E-state index contributed by atoms with van der Waals surface area (Å²) in [7, 11) is 0. The Hall–Kier alpha value is -0.530. The summed E-state index contributed by atoms with van der Waals surface area (Å²) >= 11 is 6.40. The third-order valence-corrected chi connectivity index (χ3v) is 3.44. The number of hydrogen-bond acceptors (Lipinski definition) is 4. The maximum absolute atomic E-state index is 11.8. The molecule has 0 aliphatic rings. The van der Waals surface area contributed by atoms with Gasteiger partial charge in [0.25, 0.3) is 0 Å².